The van der Waals surface area contributed by atoms with Gasteiger partial charge in [0.2, 0.25) is 5.91 Å². The van der Waals surface area contributed by atoms with Crippen molar-refractivity contribution < 1.29 is 18.8 Å². The molecular weight excluding hydrogens is 339 g/mol. The first-order valence-electron chi connectivity index (χ1n) is 8.16. The first-order valence-corrected chi connectivity index (χ1v) is 8.16. The summed E-state index contributed by atoms with van der Waals surface area (Å²) < 4.78 is 13.1. The minimum absolute atomic E-state index is 0.163. The molecule has 1 aliphatic rings. The quantitative estimate of drug-likeness (QED) is 0.779. The number of halogens is 1. The fourth-order valence-electron chi connectivity index (χ4n) is 2.59. The topological polar surface area (TPSA) is 102 Å². The zero-order chi connectivity index (χ0) is 19.7. The van der Waals surface area contributed by atoms with Crippen LogP contribution in [0.25, 0.3) is 0 Å². The Balaban J connectivity index is 2.18. The number of hydrogen-bond acceptors (Lipinski definition) is 4. The van der Waals surface area contributed by atoms with Gasteiger partial charge in [0, 0.05) is 0 Å². The standard InChI is InChI=1S/C18H21FN4O3/c1-11(2)17(3,10-20)21-14(24)9-23-15(25)18(4,22-16(23)26)12-5-7-13(19)8-6-12/h5-8,11H,9H2,1-4H3,(H,21,24)(H,22,26)/t17-,18+/m1/s1. The number of carbonyl (C=O) groups excluding carboxylic acids is 3. The number of imide groups is 1. The Morgan fingerprint density at radius 3 is 2.46 bits per heavy atom. The van der Waals surface area contributed by atoms with Gasteiger partial charge in [0.15, 0.2) is 0 Å². The lowest BCUT2D eigenvalue weighted by Gasteiger charge is -2.28. The molecule has 4 amide bonds. The fourth-order valence-corrected chi connectivity index (χ4v) is 2.59. The van der Waals surface area contributed by atoms with E-state index in [2.05, 4.69) is 10.6 Å². The van der Waals surface area contributed by atoms with E-state index in [1.807, 2.05) is 6.07 Å². The number of nitrogens with one attached hydrogen (secondary N) is 2. The van der Waals surface area contributed by atoms with Crippen molar-refractivity contribution in [1.29, 1.82) is 5.26 Å². The third-order valence-electron chi connectivity index (χ3n) is 4.78. The maximum atomic E-state index is 13.1. The zero-order valence-corrected chi connectivity index (χ0v) is 15.1. The van der Waals surface area contributed by atoms with Crippen molar-refractivity contribution in [3.05, 3.63) is 35.6 Å². The summed E-state index contributed by atoms with van der Waals surface area (Å²) in [6, 6.07) is 6.50. The molecule has 26 heavy (non-hydrogen) atoms. The highest BCUT2D eigenvalue weighted by molar-refractivity contribution is 6.09. The summed E-state index contributed by atoms with van der Waals surface area (Å²) in [4.78, 5) is 38.0. The summed E-state index contributed by atoms with van der Waals surface area (Å²) in [5, 5.41) is 14.4. The van der Waals surface area contributed by atoms with Crippen LogP contribution in [0.4, 0.5) is 9.18 Å². The molecule has 2 atom stereocenters. The van der Waals surface area contributed by atoms with Gasteiger partial charge in [-0.2, -0.15) is 5.26 Å². The van der Waals surface area contributed by atoms with Crippen molar-refractivity contribution >= 4 is 17.8 Å². The largest absolute Gasteiger partial charge is 0.336 e. The number of amides is 4. The van der Waals surface area contributed by atoms with Crippen LogP contribution >= 0.6 is 0 Å². The van der Waals surface area contributed by atoms with Crippen LogP contribution in [0.1, 0.15) is 33.3 Å². The lowest BCUT2D eigenvalue weighted by Crippen LogP contribution is -2.52. The molecule has 0 aromatic heterocycles. The third kappa shape index (κ3) is 3.38. The molecule has 1 saturated heterocycles. The lowest BCUT2D eigenvalue weighted by molar-refractivity contribution is -0.135. The van der Waals surface area contributed by atoms with Crippen LogP contribution in [0.5, 0.6) is 0 Å². The fraction of sp³-hybridized carbons (Fsp3) is 0.444. The molecule has 138 valence electrons. The molecule has 8 heteroatoms. The van der Waals surface area contributed by atoms with E-state index in [-0.39, 0.29) is 5.92 Å². The van der Waals surface area contributed by atoms with Crippen molar-refractivity contribution in [1.82, 2.24) is 15.5 Å². The van der Waals surface area contributed by atoms with Crippen molar-refractivity contribution in [2.24, 2.45) is 5.92 Å². The highest BCUT2D eigenvalue weighted by Gasteiger charge is 2.49. The van der Waals surface area contributed by atoms with Gasteiger partial charge in [0.25, 0.3) is 5.91 Å². The third-order valence-corrected chi connectivity index (χ3v) is 4.78. The molecule has 0 aliphatic carbocycles. The summed E-state index contributed by atoms with van der Waals surface area (Å²) >= 11 is 0. The van der Waals surface area contributed by atoms with Gasteiger partial charge in [-0.05, 0) is 37.5 Å². The molecular formula is C18H21FN4O3. The number of nitrogens with zero attached hydrogens (tertiary/aromatic N) is 2. The van der Waals surface area contributed by atoms with E-state index in [1.165, 1.54) is 31.2 Å². The van der Waals surface area contributed by atoms with Gasteiger partial charge in [-0.3, -0.25) is 14.5 Å². The number of nitriles is 1. The molecule has 0 bridgehead atoms. The predicted molar refractivity (Wildman–Crippen MR) is 91.0 cm³/mol. The van der Waals surface area contributed by atoms with Gasteiger partial charge in [0.1, 0.15) is 23.4 Å². The van der Waals surface area contributed by atoms with Gasteiger partial charge in [0.05, 0.1) is 6.07 Å². The average molecular weight is 360 g/mol. The number of urea groups is 1. The van der Waals surface area contributed by atoms with Crippen LogP contribution in [0.3, 0.4) is 0 Å². The normalized spacial score (nSPS) is 22.0. The first-order chi connectivity index (χ1) is 12.0. The van der Waals surface area contributed by atoms with Gasteiger partial charge in [-0.25, -0.2) is 9.18 Å². The molecule has 7 nitrogen and oxygen atoms in total. The second-order valence-electron chi connectivity index (χ2n) is 6.97. The van der Waals surface area contributed by atoms with Crippen LogP contribution in [-0.4, -0.2) is 34.8 Å². The van der Waals surface area contributed by atoms with Gasteiger partial charge >= 0.3 is 6.03 Å². The molecule has 1 aliphatic heterocycles. The second kappa shape index (κ2) is 6.75. The number of carbonyl (C=O) groups is 3. The van der Waals surface area contributed by atoms with E-state index >= 15 is 0 Å². The first kappa shape index (κ1) is 19.4. The Hall–Kier alpha value is -2.95. The summed E-state index contributed by atoms with van der Waals surface area (Å²) in [5.74, 6) is -1.86. The smallest absolute Gasteiger partial charge is 0.325 e. The highest BCUT2D eigenvalue weighted by atomic mass is 19.1. The van der Waals surface area contributed by atoms with E-state index in [1.54, 1.807) is 20.8 Å². The van der Waals surface area contributed by atoms with E-state index in [0.717, 1.165) is 4.90 Å². The highest BCUT2D eigenvalue weighted by Crippen LogP contribution is 2.28. The average Bonchev–Trinajstić information content (AvgIpc) is 2.79. The molecule has 1 heterocycles. The SMILES string of the molecule is CC(C)[C@@](C)(C#N)NC(=O)CN1C(=O)N[C@@](C)(c2ccc(F)cc2)C1=O. The maximum Gasteiger partial charge on any atom is 0.325 e. The summed E-state index contributed by atoms with van der Waals surface area (Å²) in [6.45, 7) is 6.12. The van der Waals surface area contributed by atoms with Crippen molar-refractivity contribution in [3.63, 3.8) is 0 Å². The summed E-state index contributed by atoms with van der Waals surface area (Å²) in [7, 11) is 0. The zero-order valence-electron chi connectivity index (χ0n) is 15.1. The number of benzene rings is 1. The Bertz CT molecular complexity index is 787. The molecule has 0 unspecified atom stereocenters. The monoisotopic (exact) mass is 360 g/mol. The van der Waals surface area contributed by atoms with E-state index in [0.29, 0.717) is 5.56 Å². The van der Waals surface area contributed by atoms with E-state index < -0.39 is 41.3 Å². The Kier molecular flexibility index (Phi) is 5.03. The maximum absolute atomic E-state index is 13.1. The lowest BCUT2D eigenvalue weighted by atomic mass is 9.90. The second-order valence-corrected chi connectivity index (χ2v) is 6.97. The van der Waals surface area contributed by atoms with Crippen molar-refractivity contribution in [2.45, 2.75) is 38.8 Å². The van der Waals surface area contributed by atoms with Crippen molar-refractivity contribution in [3.8, 4) is 6.07 Å². The van der Waals surface area contributed by atoms with Crippen LogP contribution in [0.15, 0.2) is 24.3 Å². The van der Waals surface area contributed by atoms with Crippen LogP contribution in [0.2, 0.25) is 0 Å². The number of rotatable bonds is 5. The van der Waals surface area contributed by atoms with E-state index in [4.69, 9.17) is 0 Å². The minimum atomic E-state index is -1.39. The molecule has 0 radical (unpaired) electrons. The summed E-state index contributed by atoms with van der Waals surface area (Å²) in [5.41, 5.74) is -2.10. The van der Waals surface area contributed by atoms with E-state index in [9.17, 15) is 24.0 Å². The Labute approximate surface area is 151 Å². The van der Waals surface area contributed by atoms with Crippen LogP contribution in [0, 0.1) is 23.1 Å². The van der Waals surface area contributed by atoms with Crippen LogP contribution < -0.4 is 10.6 Å². The van der Waals surface area contributed by atoms with Gasteiger partial charge in [-0.1, -0.05) is 26.0 Å². The van der Waals surface area contributed by atoms with Crippen LogP contribution in [-0.2, 0) is 15.1 Å². The van der Waals surface area contributed by atoms with Gasteiger partial charge < -0.3 is 10.6 Å². The molecule has 1 aromatic carbocycles. The molecule has 1 aromatic rings. The molecule has 2 rings (SSSR count). The molecule has 2 N–H and O–H groups in total. The van der Waals surface area contributed by atoms with Crippen molar-refractivity contribution in [2.75, 3.05) is 6.54 Å². The molecule has 0 saturated carbocycles. The Morgan fingerprint density at radius 2 is 1.96 bits per heavy atom. The van der Waals surface area contributed by atoms with Gasteiger partial charge in [-0.15, -0.1) is 0 Å². The molecule has 0 spiro atoms. The Morgan fingerprint density at radius 1 is 1.38 bits per heavy atom. The number of hydrogen-bond donors (Lipinski definition) is 2. The molecule has 1 fully saturated rings. The summed E-state index contributed by atoms with van der Waals surface area (Å²) in [6.07, 6.45) is 0. The predicted octanol–water partition coefficient (Wildman–Crippen LogP) is 1.65. The minimum Gasteiger partial charge on any atom is -0.336 e.